The maximum Gasteiger partial charge on any atom is 0.294 e. The van der Waals surface area contributed by atoms with Crippen LogP contribution in [0.3, 0.4) is 0 Å². The number of halogens is 2. The molecule has 1 N–H and O–H groups in total. The van der Waals surface area contributed by atoms with Crippen molar-refractivity contribution in [2.75, 3.05) is 11.9 Å². The Morgan fingerprint density at radius 1 is 1.18 bits per heavy atom. The number of rotatable bonds is 5. The summed E-state index contributed by atoms with van der Waals surface area (Å²) in [5.41, 5.74) is 1.22. The van der Waals surface area contributed by atoms with Crippen molar-refractivity contribution >= 4 is 52.2 Å². The van der Waals surface area contributed by atoms with E-state index < -0.39 is 29.4 Å². The number of benzene rings is 2. The average Bonchev–Trinajstić information content (AvgIpc) is 2.93. The van der Waals surface area contributed by atoms with Crippen molar-refractivity contribution in [3.63, 3.8) is 0 Å². The van der Waals surface area contributed by atoms with Gasteiger partial charge in [-0.05, 0) is 41.6 Å². The minimum absolute atomic E-state index is 0.142. The van der Waals surface area contributed by atoms with Crippen LogP contribution >= 0.6 is 23.4 Å². The zero-order valence-corrected chi connectivity index (χ0v) is 16.0. The Labute approximate surface area is 169 Å². The summed E-state index contributed by atoms with van der Waals surface area (Å²) < 4.78 is 13.2. The van der Waals surface area contributed by atoms with E-state index in [4.69, 9.17) is 11.6 Å². The number of hydrogen-bond acceptors (Lipinski definition) is 4. The molecule has 0 saturated carbocycles. The number of amides is 3. The summed E-state index contributed by atoms with van der Waals surface area (Å²) in [6.45, 7) is -0.445. The Balaban J connectivity index is 1.63. The largest absolute Gasteiger partial charge is 0.324 e. The Bertz CT molecular complexity index is 992. The second kappa shape index (κ2) is 8.86. The van der Waals surface area contributed by atoms with Gasteiger partial charge in [0.25, 0.3) is 11.1 Å². The molecule has 5 nitrogen and oxygen atoms in total. The van der Waals surface area contributed by atoms with E-state index in [-0.39, 0.29) is 15.6 Å². The Morgan fingerprint density at radius 3 is 2.64 bits per heavy atom. The summed E-state index contributed by atoms with van der Waals surface area (Å²) in [5.74, 6) is -1.75. The van der Waals surface area contributed by atoms with Gasteiger partial charge in [0.15, 0.2) is 0 Å². The monoisotopic (exact) mass is 416 g/mol. The van der Waals surface area contributed by atoms with E-state index in [0.717, 1.165) is 28.3 Å². The number of carbonyl (C=O) groups is 3. The second-order valence-corrected chi connectivity index (χ2v) is 7.14. The van der Waals surface area contributed by atoms with Gasteiger partial charge in [-0.1, -0.05) is 54.1 Å². The van der Waals surface area contributed by atoms with Crippen LogP contribution in [0, 0.1) is 5.82 Å². The van der Waals surface area contributed by atoms with Crippen LogP contribution < -0.4 is 5.32 Å². The highest BCUT2D eigenvalue weighted by molar-refractivity contribution is 8.18. The molecular weight excluding hydrogens is 403 g/mol. The van der Waals surface area contributed by atoms with Gasteiger partial charge in [0.1, 0.15) is 12.4 Å². The van der Waals surface area contributed by atoms with Crippen molar-refractivity contribution in [1.82, 2.24) is 4.90 Å². The maximum atomic E-state index is 13.2. The first-order chi connectivity index (χ1) is 13.4. The molecule has 0 aliphatic carbocycles. The number of hydrogen-bond donors (Lipinski definition) is 1. The van der Waals surface area contributed by atoms with E-state index >= 15 is 0 Å². The molecule has 0 radical (unpaired) electrons. The van der Waals surface area contributed by atoms with Crippen molar-refractivity contribution in [3.05, 3.63) is 82.0 Å². The number of imide groups is 1. The van der Waals surface area contributed by atoms with Gasteiger partial charge >= 0.3 is 0 Å². The molecular formula is C20H14ClFN2O3S. The zero-order chi connectivity index (χ0) is 20.1. The lowest BCUT2D eigenvalue weighted by atomic mass is 10.2. The topological polar surface area (TPSA) is 66.5 Å². The average molecular weight is 417 g/mol. The predicted octanol–water partition coefficient (Wildman–Crippen LogP) is 4.71. The van der Waals surface area contributed by atoms with Gasteiger partial charge in [0.05, 0.1) is 9.93 Å². The summed E-state index contributed by atoms with van der Waals surface area (Å²) >= 11 is 6.43. The van der Waals surface area contributed by atoms with Gasteiger partial charge in [0.2, 0.25) is 5.91 Å². The van der Waals surface area contributed by atoms with Crippen LogP contribution in [-0.2, 0) is 9.59 Å². The van der Waals surface area contributed by atoms with E-state index in [2.05, 4.69) is 5.32 Å². The molecule has 1 aliphatic heterocycles. The van der Waals surface area contributed by atoms with Crippen LogP contribution in [0.4, 0.5) is 14.9 Å². The van der Waals surface area contributed by atoms with Crippen molar-refractivity contribution < 1.29 is 18.8 Å². The second-order valence-electron chi connectivity index (χ2n) is 5.74. The fourth-order valence-corrected chi connectivity index (χ4v) is 3.35. The van der Waals surface area contributed by atoms with Crippen molar-refractivity contribution in [2.24, 2.45) is 0 Å². The molecule has 3 amide bonds. The molecule has 2 aromatic carbocycles. The first-order valence-corrected chi connectivity index (χ1v) is 9.35. The predicted molar refractivity (Wildman–Crippen MR) is 108 cm³/mol. The van der Waals surface area contributed by atoms with Gasteiger partial charge in [0, 0.05) is 5.69 Å². The number of thioether (sulfide) groups is 1. The number of nitrogens with one attached hydrogen (secondary N) is 1. The van der Waals surface area contributed by atoms with Gasteiger partial charge < -0.3 is 5.32 Å². The zero-order valence-electron chi connectivity index (χ0n) is 14.4. The molecule has 1 fully saturated rings. The fraction of sp³-hybridized carbons (Fsp3) is 0.0500. The smallest absolute Gasteiger partial charge is 0.294 e. The standard InChI is InChI=1S/C20H14ClFN2O3S/c21-15-11-14(9-10-16(15)22)23-18(25)12-24-19(26)17(28-20(24)27)8-4-7-13-5-2-1-3-6-13/h1-11H,12H2,(H,23,25)/b7-4+,17-8+. The highest BCUT2D eigenvalue weighted by Gasteiger charge is 2.35. The third-order valence-electron chi connectivity index (χ3n) is 3.71. The van der Waals surface area contributed by atoms with Crippen molar-refractivity contribution in [2.45, 2.75) is 0 Å². The molecule has 2 aromatic rings. The Hall–Kier alpha value is -2.90. The summed E-state index contributed by atoms with van der Waals surface area (Å²) in [7, 11) is 0. The normalized spacial score (nSPS) is 15.6. The highest BCUT2D eigenvalue weighted by Crippen LogP contribution is 2.30. The van der Waals surface area contributed by atoms with Crippen LogP contribution in [0.25, 0.3) is 6.08 Å². The van der Waals surface area contributed by atoms with Crippen molar-refractivity contribution in [1.29, 1.82) is 0 Å². The number of anilines is 1. The van der Waals surface area contributed by atoms with Crippen LogP contribution in [0.5, 0.6) is 0 Å². The van der Waals surface area contributed by atoms with Crippen LogP contribution in [0.2, 0.25) is 5.02 Å². The van der Waals surface area contributed by atoms with Gasteiger partial charge in [-0.15, -0.1) is 0 Å². The number of allylic oxidation sites excluding steroid dienone is 2. The molecule has 3 rings (SSSR count). The quantitative estimate of drug-likeness (QED) is 0.717. The van der Waals surface area contributed by atoms with Crippen LogP contribution in [0.1, 0.15) is 5.56 Å². The molecule has 0 atom stereocenters. The molecule has 8 heteroatoms. The SMILES string of the molecule is O=C(CN1C(=O)S/C(=C/C=C/c2ccccc2)C1=O)Nc1ccc(F)c(Cl)c1. The van der Waals surface area contributed by atoms with E-state index in [1.807, 2.05) is 30.3 Å². The lowest BCUT2D eigenvalue weighted by Crippen LogP contribution is -2.36. The number of nitrogens with zero attached hydrogens (tertiary/aromatic N) is 1. The lowest BCUT2D eigenvalue weighted by molar-refractivity contribution is -0.127. The summed E-state index contributed by atoms with van der Waals surface area (Å²) in [4.78, 5) is 37.7. The third-order valence-corrected chi connectivity index (χ3v) is 4.93. The van der Waals surface area contributed by atoms with Gasteiger partial charge in [-0.25, -0.2) is 4.39 Å². The summed E-state index contributed by atoms with van der Waals surface area (Å²) in [6, 6.07) is 13.2. The summed E-state index contributed by atoms with van der Waals surface area (Å²) in [5, 5.41) is 1.81. The molecule has 1 heterocycles. The Morgan fingerprint density at radius 2 is 1.93 bits per heavy atom. The molecule has 1 aliphatic rings. The first-order valence-electron chi connectivity index (χ1n) is 8.16. The Kier molecular flexibility index (Phi) is 6.28. The molecule has 0 spiro atoms. The lowest BCUT2D eigenvalue weighted by Gasteiger charge is -2.12. The van der Waals surface area contributed by atoms with E-state index in [1.54, 1.807) is 12.2 Å². The van der Waals surface area contributed by atoms with Gasteiger partial charge in [-0.2, -0.15) is 0 Å². The fourth-order valence-electron chi connectivity index (χ4n) is 2.38. The highest BCUT2D eigenvalue weighted by atomic mass is 35.5. The van der Waals surface area contributed by atoms with E-state index in [0.29, 0.717) is 0 Å². The molecule has 1 saturated heterocycles. The first kappa shape index (κ1) is 19.9. The minimum Gasteiger partial charge on any atom is -0.324 e. The van der Waals surface area contributed by atoms with Crippen molar-refractivity contribution in [3.8, 4) is 0 Å². The number of carbonyl (C=O) groups excluding carboxylic acids is 3. The molecule has 0 bridgehead atoms. The van der Waals surface area contributed by atoms with E-state index in [1.165, 1.54) is 18.2 Å². The van der Waals surface area contributed by atoms with E-state index in [9.17, 15) is 18.8 Å². The van der Waals surface area contributed by atoms with Crippen LogP contribution in [-0.4, -0.2) is 28.5 Å². The third kappa shape index (κ3) is 4.88. The summed E-state index contributed by atoms with van der Waals surface area (Å²) in [6.07, 6.45) is 5.02. The molecule has 0 unspecified atom stereocenters. The molecule has 28 heavy (non-hydrogen) atoms. The minimum atomic E-state index is -0.612. The maximum absolute atomic E-state index is 13.2. The molecule has 142 valence electrons. The molecule has 0 aromatic heterocycles. The van der Waals surface area contributed by atoms with Crippen LogP contribution in [0.15, 0.2) is 65.6 Å². The van der Waals surface area contributed by atoms with Gasteiger partial charge in [-0.3, -0.25) is 19.3 Å².